The first-order valence-electron chi connectivity index (χ1n) is 6.82. The maximum atomic E-state index is 5.97. The summed E-state index contributed by atoms with van der Waals surface area (Å²) in [6, 6.07) is 6.82. The molecule has 2 aromatic rings. The molecule has 0 unspecified atom stereocenters. The quantitative estimate of drug-likeness (QED) is 0.806. The number of nitrogens with two attached hydrogens (primary N) is 1. The van der Waals surface area contributed by atoms with Crippen LogP contribution >= 0.6 is 0 Å². The van der Waals surface area contributed by atoms with Crippen molar-refractivity contribution in [3.63, 3.8) is 0 Å². The number of likely N-dealkylation sites (N-methyl/N-ethyl adjacent to an activating group) is 1. The molecule has 1 aromatic carbocycles. The largest absolute Gasteiger partial charge is 0.398 e. The van der Waals surface area contributed by atoms with Crippen molar-refractivity contribution in [2.75, 3.05) is 31.2 Å². The minimum absolute atomic E-state index is 0.781. The van der Waals surface area contributed by atoms with E-state index in [2.05, 4.69) is 28.3 Å². The topological polar surface area (TPSA) is 54.2 Å². The van der Waals surface area contributed by atoms with Crippen molar-refractivity contribution in [2.45, 2.75) is 18.9 Å². The molecule has 4 heteroatoms. The number of nitrogens with zero attached hydrogens (tertiary/aromatic N) is 2. The highest BCUT2D eigenvalue weighted by Gasteiger charge is 2.25. The molecule has 0 saturated heterocycles. The maximum absolute atomic E-state index is 5.97. The van der Waals surface area contributed by atoms with Crippen LogP contribution in [0, 0.1) is 0 Å². The van der Waals surface area contributed by atoms with Gasteiger partial charge in [0, 0.05) is 53.7 Å². The molecule has 1 aliphatic rings. The molecule has 0 bridgehead atoms. The fourth-order valence-electron chi connectivity index (χ4n) is 2.43. The Morgan fingerprint density at radius 2 is 2.16 bits per heavy atom. The van der Waals surface area contributed by atoms with Crippen LogP contribution in [-0.4, -0.2) is 36.1 Å². The van der Waals surface area contributed by atoms with Crippen molar-refractivity contribution in [1.82, 2.24) is 9.88 Å². The predicted molar refractivity (Wildman–Crippen MR) is 80.3 cm³/mol. The molecule has 0 amide bonds. The molecule has 0 aliphatic heterocycles. The van der Waals surface area contributed by atoms with Crippen LogP contribution in [0.1, 0.15) is 12.8 Å². The van der Waals surface area contributed by atoms with E-state index in [0.717, 1.165) is 41.3 Å². The van der Waals surface area contributed by atoms with Gasteiger partial charge < -0.3 is 16.0 Å². The monoisotopic (exact) mass is 256 g/mol. The predicted octanol–water partition coefficient (Wildman–Crippen LogP) is 2.32. The summed E-state index contributed by atoms with van der Waals surface area (Å²) in [6.07, 6.45) is 6.34. The number of hydrogen-bond donors (Lipinski definition) is 2. The van der Waals surface area contributed by atoms with E-state index in [1.165, 1.54) is 12.8 Å². The molecule has 4 nitrogen and oxygen atoms in total. The van der Waals surface area contributed by atoms with E-state index in [1.54, 1.807) is 0 Å². The normalized spacial score (nSPS) is 15.1. The second kappa shape index (κ2) is 5.05. The minimum Gasteiger partial charge on any atom is -0.398 e. The maximum Gasteiger partial charge on any atom is 0.0422 e. The first kappa shape index (κ1) is 12.2. The van der Waals surface area contributed by atoms with Gasteiger partial charge in [0.25, 0.3) is 0 Å². The zero-order valence-corrected chi connectivity index (χ0v) is 11.3. The molecule has 0 atom stereocenters. The third-order valence-corrected chi connectivity index (χ3v) is 3.80. The molecule has 1 heterocycles. The summed E-state index contributed by atoms with van der Waals surface area (Å²) < 4.78 is 0. The Labute approximate surface area is 113 Å². The lowest BCUT2D eigenvalue weighted by Crippen LogP contribution is -2.27. The minimum atomic E-state index is 0.781. The van der Waals surface area contributed by atoms with Crippen molar-refractivity contribution in [1.29, 1.82) is 0 Å². The Kier molecular flexibility index (Phi) is 3.25. The number of benzene rings is 1. The van der Waals surface area contributed by atoms with Crippen molar-refractivity contribution < 1.29 is 0 Å². The van der Waals surface area contributed by atoms with E-state index >= 15 is 0 Å². The second-order valence-corrected chi connectivity index (χ2v) is 5.26. The van der Waals surface area contributed by atoms with Crippen LogP contribution in [0.4, 0.5) is 11.4 Å². The number of aromatic nitrogens is 1. The summed E-state index contributed by atoms with van der Waals surface area (Å²) in [6.45, 7) is 2.02. The van der Waals surface area contributed by atoms with Crippen molar-refractivity contribution >= 4 is 22.1 Å². The average Bonchev–Trinajstić information content (AvgIpc) is 3.26. The molecule has 3 N–H and O–H groups in total. The number of nitrogens with one attached hydrogen (secondary N) is 1. The van der Waals surface area contributed by atoms with Gasteiger partial charge in [-0.1, -0.05) is 0 Å². The number of fused-ring (bicyclic) bond motifs is 1. The van der Waals surface area contributed by atoms with Gasteiger partial charge in [0.2, 0.25) is 0 Å². The van der Waals surface area contributed by atoms with Gasteiger partial charge in [-0.3, -0.25) is 4.98 Å². The molecule has 0 radical (unpaired) electrons. The molecule has 19 heavy (non-hydrogen) atoms. The highest BCUT2D eigenvalue weighted by Crippen LogP contribution is 2.28. The smallest absolute Gasteiger partial charge is 0.0422 e. The van der Waals surface area contributed by atoms with Crippen LogP contribution in [0.3, 0.4) is 0 Å². The molecule has 3 rings (SSSR count). The zero-order valence-electron chi connectivity index (χ0n) is 11.3. The zero-order chi connectivity index (χ0) is 13.2. The van der Waals surface area contributed by atoms with E-state index in [1.807, 2.05) is 24.5 Å². The van der Waals surface area contributed by atoms with Gasteiger partial charge in [-0.15, -0.1) is 0 Å². The molecule has 1 saturated carbocycles. The summed E-state index contributed by atoms with van der Waals surface area (Å²) in [7, 11) is 2.20. The van der Waals surface area contributed by atoms with Gasteiger partial charge in [-0.05, 0) is 38.1 Å². The van der Waals surface area contributed by atoms with Crippen LogP contribution in [0.5, 0.6) is 0 Å². The van der Waals surface area contributed by atoms with Crippen molar-refractivity contribution in [3.05, 3.63) is 30.6 Å². The van der Waals surface area contributed by atoms with Gasteiger partial charge >= 0.3 is 0 Å². The van der Waals surface area contributed by atoms with Crippen molar-refractivity contribution in [2.24, 2.45) is 0 Å². The number of pyridine rings is 1. The van der Waals surface area contributed by atoms with Crippen molar-refractivity contribution in [3.8, 4) is 0 Å². The molecular weight excluding hydrogens is 236 g/mol. The fraction of sp³-hybridized carbons (Fsp3) is 0.400. The van der Waals surface area contributed by atoms with Gasteiger partial charge in [-0.25, -0.2) is 0 Å². The lowest BCUT2D eigenvalue weighted by atomic mass is 10.1. The first-order chi connectivity index (χ1) is 9.25. The van der Waals surface area contributed by atoms with E-state index in [4.69, 9.17) is 5.73 Å². The Balaban J connectivity index is 1.72. The molecule has 100 valence electrons. The van der Waals surface area contributed by atoms with E-state index in [9.17, 15) is 0 Å². The van der Waals surface area contributed by atoms with E-state index in [-0.39, 0.29) is 0 Å². The summed E-state index contributed by atoms with van der Waals surface area (Å²) in [5, 5.41) is 5.66. The van der Waals surface area contributed by atoms with Crippen LogP contribution in [-0.2, 0) is 0 Å². The van der Waals surface area contributed by atoms with Gasteiger partial charge in [0.05, 0.1) is 0 Å². The van der Waals surface area contributed by atoms with E-state index < -0.39 is 0 Å². The van der Waals surface area contributed by atoms with Crippen LogP contribution in [0.2, 0.25) is 0 Å². The van der Waals surface area contributed by atoms with Crippen LogP contribution in [0.25, 0.3) is 10.8 Å². The first-order valence-corrected chi connectivity index (χ1v) is 6.82. The second-order valence-electron chi connectivity index (χ2n) is 5.26. The number of nitrogen functional groups attached to an aromatic ring is 1. The number of hydrogen-bond acceptors (Lipinski definition) is 4. The SMILES string of the molecule is CN(CCNc1ccc(N)c2cnccc12)C1CC1. The Hall–Kier alpha value is -1.81. The average molecular weight is 256 g/mol. The Morgan fingerprint density at radius 1 is 1.32 bits per heavy atom. The summed E-state index contributed by atoms with van der Waals surface area (Å²) in [5.41, 5.74) is 7.89. The number of rotatable bonds is 5. The fourth-order valence-corrected chi connectivity index (χ4v) is 2.43. The lowest BCUT2D eigenvalue weighted by molar-refractivity contribution is 0.337. The van der Waals surface area contributed by atoms with Crippen LogP contribution < -0.4 is 11.1 Å². The molecule has 1 fully saturated rings. The summed E-state index contributed by atoms with van der Waals surface area (Å²) in [4.78, 5) is 6.56. The molecular formula is C15H20N4. The highest BCUT2D eigenvalue weighted by atomic mass is 15.2. The summed E-state index contributed by atoms with van der Waals surface area (Å²) in [5.74, 6) is 0. The number of anilines is 2. The van der Waals surface area contributed by atoms with E-state index in [0.29, 0.717) is 0 Å². The van der Waals surface area contributed by atoms with Gasteiger partial charge in [0.1, 0.15) is 0 Å². The molecule has 0 spiro atoms. The highest BCUT2D eigenvalue weighted by molar-refractivity contribution is 6.00. The van der Waals surface area contributed by atoms with Gasteiger partial charge in [0.15, 0.2) is 0 Å². The molecule has 1 aliphatic carbocycles. The summed E-state index contributed by atoms with van der Waals surface area (Å²) >= 11 is 0. The third kappa shape index (κ3) is 2.63. The third-order valence-electron chi connectivity index (χ3n) is 3.80. The van der Waals surface area contributed by atoms with Crippen LogP contribution in [0.15, 0.2) is 30.6 Å². The molecule has 1 aromatic heterocycles. The Morgan fingerprint density at radius 3 is 2.95 bits per heavy atom. The standard InChI is InChI=1S/C15H20N4/c1-19(11-2-3-11)9-8-18-15-5-4-14(16)13-10-17-7-6-12(13)15/h4-7,10-11,18H,2-3,8-9,16H2,1H3. The van der Waals surface area contributed by atoms with Gasteiger partial charge in [-0.2, -0.15) is 0 Å². The lowest BCUT2D eigenvalue weighted by Gasteiger charge is -2.17. The Bertz CT molecular complexity index is 577.